The molecule has 0 bridgehead atoms. The van der Waals surface area contributed by atoms with E-state index in [1.165, 1.54) is 0 Å². The van der Waals surface area contributed by atoms with Gasteiger partial charge in [-0.25, -0.2) is 0 Å². The highest BCUT2D eigenvalue weighted by atomic mass is 79.9. The topological polar surface area (TPSA) is 55.1 Å². The minimum atomic E-state index is 0.0566. The highest BCUT2D eigenvalue weighted by molar-refractivity contribution is 9.10. The van der Waals surface area contributed by atoms with E-state index >= 15 is 0 Å². The number of anilines is 1. The summed E-state index contributed by atoms with van der Waals surface area (Å²) in [5.41, 5.74) is 7.89. The zero-order valence-corrected chi connectivity index (χ0v) is 12.2. The minimum absolute atomic E-state index is 0.0566. The Morgan fingerprint density at radius 1 is 1.44 bits per heavy atom. The van der Waals surface area contributed by atoms with Crippen LogP contribution in [0.4, 0.5) is 5.69 Å². The van der Waals surface area contributed by atoms with E-state index in [1.807, 2.05) is 25.1 Å². The molecule has 1 saturated carbocycles. The molecule has 1 amide bonds. The molecule has 0 radical (unpaired) electrons. The summed E-state index contributed by atoms with van der Waals surface area (Å²) in [6.07, 6.45) is 3.84. The van der Waals surface area contributed by atoms with Gasteiger partial charge < -0.3 is 11.1 Å². The van der Waals surface area contributed by atoms with Gasteiger partial charge in [0, 0.05) is 16.4 Å². The van der Waals surface area contributed by atoms with Crippen LogP contribution in [0.1, 0.15) is 31.2 Å². The van der Waals surface area contributed by atoms with Gasteiger partial charge in [-0.1, -0.05) is 18.6 Å². The third kappa shape index (κ3) is 3.12. The molecule has 0 aliphatic heterocycles. The first-order valence-electron chi connectivity index (χ1n) is 6.39. The Morgan fingerprint density at radius 3 is 2.94 bits per heavy atom. The molecule has 98 valence electrons. The molecule has 2 atom stereocenters. The van der Waals surface area contributed by atoms with E-state index in [0.29, 0.717) is 0 Å². The molecule has 0 saturated heterocycles. The highest BCUT2D eigenvalue weighted by Gasteiger charge is 2.25. The first kappa shape index (κ1) is 13.6. The van der Waals surface area contributed by atoms with Crippen LogP contribution in [-0.4, -0.2) is 11.9 Å². The largest absolute Gasteiger partial charge is 0.328 e. The van der Waals surface area contributed by atoms with Crippen molar-refractivity contribution in [3.05, 3.63) is 28.2 Å². The van der Waals surface area contributed by atoms with Crippen molar-refractivity contribution < 1.29 is 4.79 Å². The van der Waals surface area contributed by atoms with Gasteiger partial charge in [-0.3, -0.25) is 4.79 Å². The summed E-state index contributed by atoms with van der Waals surface area (Å²) in [5.74, 6) is 0.151. The number of amides is 1. The molecule has 0 spiro atoms. The first-order chi connectivity index (χ1) is 8.58. The summed E-state index contributed by atoms with van der Waals surface area (Å²) in [6, 6.07) is 6.05. The maximum atomic E-state index is 12.2. The molecule has 1 aromatic carbocycles. The van der Waals surface area contributed by atoms with Crippen molar-refractivity contribution in [2.75, 3.05) is 5.32 Å². The quantitative estimate of drug-likeness (QED) is 0.881. The molecular weight excluding hydrogens is 292 g/mol. The molecule has 2 unspecified atom stereocenters. The van der Waals surface area contributed by atoms with Gasteiger partial charge in [0.15, 0.2) is 0 Å². The second-order valence-corrected chi connectivity index (χ2v) is 5.84. The van der Waals surface area contributed by atoms with Crippen LogP contribution < -0.4 is 11.1 Å². The Morgan fingerprint density at radius 2 is 2.22 bits per heavy atom. The lowest BCUT2D eigenvalue weighted by atomic mass is 9.85. The molecule has 1 fully saturated rings. The van der Waals surface area contributed by atoms with Crippen molar-refractivity contribution >= 4 is 27.5 Å². The van der Waals surface area contributed by atoms with E-state index in [2.05, 4.69) is 21.2 Å². The standard InChI is InChI=1S/C14H19BrN2O/c1-9-4-2-7-12(13(9)15)17-14(18)10-5-3-6-11(16)8-10/h2,4,7,10-11H,3,5-6,8,16H2,1H3,(H,17,18). The molecule has 3 N–H and O–H groups in total. The summed E-state index contributed by atoms with van der Waals surface area (Å²) < 4.78 is 0.957. The van der Waals surface area contributed by atoms with E-state index in [9.17, 15) is 4.79 Å². The molecule has 1 aromatic rings. The number of hydrogen-bond donors (Lipinski definition) is 2. The Kier molecular flexibility index (Phi) is 4.40. The predicted molar refractivity (Wildman–Crippen MR) is 77.4 cm³/mol. The Bertz CT molecular complexity index is 447. The number of nitrogens with two attached hydrogens (primary N) is 1. The normalized spacial score (nSPS) is 23.7. The average Bonchev–Trinajstić information content (AvgIpc) is 2.35. The zero-order valence-electron chi connectivity index (χ0n) is 10.6. The van der Waals surface area contributed by atoms with Crippen molar-refractivity contribution in [1.29, 1.82) is 0 Å². The average molecular weight is 311 g/mol. The Balaban J connectivity index is 2.04. The predicted octanol–water partition coefficient (Wildman–Crippen LogP) is 3.21. The van der Waals surface area contributed by atoms with Gasteiger partial charge >= 0.3 is 0 Å². The van der Waals surface area contributed by atoms with Crippen LogP contribution in [-0.2, 0) is 4.79 Å². The van der Waals surface area contributed by atoms with Crippen LogP contribution in [0.15, 0.2) is 22.7 Å². The number of benzene rings is 1. The van der Waals surface area contributed by atoms with Crippen molar-refractivity contribution in [2.45, 2.75) is 38.6 Å². The molecule has 0 heterocycles. The van der Waals surface area contributed by atoms with Gasteiger partial charge in [0.05, 0.1) is 5.69 Å². The fourth-order valence-electron chi connectivity index (χ4n) is 2.44. The Hall–Kier alpha value is -0.870. The maximum absolute atomic E-state index is 12.2. The second kappa shape index (κ2) is 5.85. The summed E-state index contributed by atoms with van der Waals surface area (Å²) in [7, 11) is 0. The monoisotopic (exact) mass is 310 g/mol. The second-order valence-electron chi connectivity index (χ2n) is 5.05. The van der Waals surface area contributed by atoms with Crippen LogP contribution in [0.2, 0.25) is 0 Å². The van der Waals surface area contributed by atoms with Gasteiger partial charge in [0.1, 0.15) is 0 Å². The summed E-state index contributed by atoms with van der Waals surface area (Å²) in [4.78, 5) is 12.2. The van der Waals surface area contributed by atoms with Crippen molar-refractivity contribution in [1.82, 2.24) is 0 Å². The molecule has 2 rings (SSSR count). The zero-order chi connectivity index (χ0) is 13.1. The Labute approximate surface area is 116 Å². The number of halogens is 1. The SMILES string of the molecule is Cc1cccc(NC(=O)C2CCCC(N)C2)c1Br. The van der Waals surface area contributed by atoms with Gasteiger partial charge in [-0.15, -0.1) is 0 Å². The number of carbonyl (C=O) groups is 1. The lowest BCUT2D eigenvalue weighted by Gasteiger charge is -2.25. The summed E-state index contributed by atoms with van der Waals surface area (Å²) >= 11 is 3.51. The van der Waals surface area contributed by atoms with Crippen LogP contribution in [0.25, 0.3) is 0 Å². The lowest BCUT2D eigenvalue weighted by molar-refractivity contribution is -0.120. The first-order valence-corrected chi connectivity index (χ1v) is 7.19. The van der Waals surface area contributed by atoms with Crippen LogP contribution in [0.5, 0.6) is 0 Å². The lowest BCUT2D eigenvalue weighted by Crippen LogP contribution is -2.34. The minimum Gasteiger partial charge on any atom is -0.328 e. The van der Waals surface area contributed by atoms with E-state index in [0.717, 1.165) is 41.4 Å². The molecule has 18 heavy (non-hydrogen) atoms. The van der Waals surface area contributed by atoms with Crippen molar-refractivity contribution in [2.24, 2.45) is 11.7 Å². The van der Waals surface area contributed by atoms with Crippen LogP contribution >= 0.6 is 15.9 Å². The van der Waals surface area contributed by atoms with Crippen LogP contribution in [0, 0.1) is 12.8 Å². The van der Waals surface area contributed by atoms with Gasteiger partial charge in [0.25, 0.3) is 0 Å². The molecule has 1 aliphatic carbocycles. The van der Waals surface area contributed by atoms with Gasteiger partial charge in [0.2, 0.25) is 5.91 Å². The maximum Gasteiger partial charge on any atom is 0.227 e. The molecule has 3 nitrogen and oxygen atoms in total. The molecule has 0 aromatic heterocycles. The van der Waals surface area contributed by atoms with Crippen molar-refractivity contribution in [3.8, 4) is 0 Å². The number of hydrogen-bond acceptors (Lipinski definition) is 2. The number of aryl methyl sites for hydroxylation is 1. The number of nitrogens with one attached hydrogen (secondary N) is 1. The van der Waals surface area contributed by atoms with Gasteiger partial charge in [-0.2, -0.15) is 0 Å². The van der Waals surface area contributed by atoms with E-state index < -0.39 is 0 Å². The van der Waals surface area contributed by atoms with Crippen LogP contribution in [0.3, 0.4) is 0 Å². The number of carbonyl (C=O) groups excluding carboxylic acids is 1. The third-order valence-electron chi connectivity index (χ3n) is 3.54. The van der Waals surface area contributed by atoms with Crippen molar-refractivity contribution in [3.63, 3.8) is 0 Å². The van der Waals surface area contributed by atoms with E-state index in [-0.39, 0.29) is 17.9 Å². The number of rotatable bonds is 2. The van der Waals surface area contributed by atoms with E-state index in [4.69, 9.17) is 5.73 Å². The fraction of sp³-hybridized carbons (Fsp3) is 0.500. The molecule has 1 aliphatic rings. The third-order valence-corrected chi connectivity index (χ3v) is 4.59. The fourth-order valence-corrected chi connectivity index (χ4v) is 2.81. The summed E-state index contributed by atoms with van der Waals surface area (Å²) in [6.45, 7) is 2.01. The molecule has 4 heteroatoms. The van der Waals surface area contributed by atoms with Gasteiger partial charge in [-0.05, 0) is 53.7 Å². The highest BCUT2D eigenvalue weighted by Crippen LogP contribution is 2.28. The van der Waals surface area contributed by atoms with E-state index in [1.54, 1.807) is 0 Å². The molecular formula is C14H19BrN2O. The smallest absolute Gasteiger partial charge is 0.227 e. The summed E-state index contributed by atoms with van der Waals surface area (Å²) in [5, 5.41) is 3.00.